The average molecular weight is 368 g/mol. The van der Waals surface area contributed by atoms with Gasteiger partial charge in [-0.15, -0.1) is 11.3 Å². The minimum atomic E-state index is -3.94. The number of sulfonamides is 1. The number of rotatable bonds is 7. The van der Waals surface area contributed by atoms with Crippen molar-refractivity contribution in [3.05, 3.63) is 46.4 Å². The molecule has 0 radical (unpaired) electrons. The molecule has 1 N–H and O–H groups in total. The van der Waals surface area contributed by atoms with Crippen molar-refractivity contribution in [2.45, 2.75) is 38.3 Å². The maximum absolute atomic E-state index is 13.0. The highest BCUT2D eigenvalue weighted by molar-refractivity contribution is 7.89. The molecule has 1 atom stereocenters. The van der Waals surface area contributed by atoms with Crippen LogP contribution in [0.2, 0.25) is 0 Å². The van der Waals surface area contributed by atoms with Gasteiger partial charge in [-0.3, -0.25) is 9.78 Å². The summed E-state index contributed by atoms with van der Waals surface area (Å²) in [4.78, 5) is 16.8. The van der Waals surface area contributed by atoms with Crippen molar-refractivity contribution in [2.75, 3.05) is 0 Å². The lowest BCUT2D eigenvalue weighted by Gasteiger charge is -2.30. The summed E-state index contributed by atoms with van der Waals surface area (Å²) in [5.41, 5.74) is 0.500. The third kappa shape index (κ3) is 4.00. The van der Waals surface area contributed by atoms with Gasteiger partial charge < -0.3 is 5.11 Å². The Morgan fingerprint density at radius 2 is 2.08 bits per heavy atom. The number of carboxylic acid groups (broad SMARTS) is 1. The molecule has 8 heteroatoms. The van der Waals surface area contributed by atoms with Crippen molar-refractivity contribution in [2.24, 2.45) is 5.92 Å². The van der Waals surface area contributed by atoms with Crippen molar-refractivity contribution in [1.82, 2.24) is 9.29 Å². The fourth-order valence-electron chi connectivity index (χ4n) is 2.42. The second-order valence-electron chi connectivity index (χ2n) is 5.79. The van der Waals surface area contributed by atoms with Gasteiger partial charge in [0.1, 0.15) is 6.04 Å². The van der Waals surface area contributed by atoms with E-state index in [1.54, 1.807) is 44.3 Å². The number of carbonyl (C=O) groups is 1. The van der Waals surface area contributed by atoms with Crippen LogP contribution in [0, 0.1) is 12.8 Å². The van der Waals surface area contributed by atoms with Crippen LogP contribution >= 0.6 is 11.3 Å². The number of hydrogen-bond donors (Lipinski definition) is 1. The second-order valence-corrected chi connectivity index (χ2v) is 8.80. The lowest BCUT2D eigenvalue weighted by atomic mass is 10.0. The van der Waals surface area contributed by atoms with E-state index in [0.717, 1.165) is 9.18 Å². The van der Waals surface area contributed by atoms with Gasteiger partial charge in [-0.2, -0.15) is 4.31 Å². The first-order chi connectivity index (χ1) is 11.2. The molecule has 24 heavy (non-hydrogen) atoms. The molecule has 2 rings (SSSR count). The molecule has 6 nitrogen and oxygen atoms in total. The quantitative estimate of drug-likeness (QED) is 0.812. The van der Waals surface area contributed by atoms with E-state index < -0.39 is 22.0 Å². The third-order valence-electron chi connectivity index (χ3n) is 3.55. The standard InChI is InChI=1S/C16H20N2O4S2/c1-11(2)15(16(19)20)18(9-13-6-4-5-7-17-13)24(21,22)14-8-12(3)23-10-14/h4-8,10-11,15H,9H2,1-3H3,(H,19,20). The second kappa shape index (κ2) is 7.42. The highest BCUT2D eigenvalue weighted by atomic mass is 32.2. The van der Waals surface area contributed by atoms with E-state index >= 15 is 0 Å². The van der Waals surface area contributed by atoms with Crippen LogP contribution in [0.1, 0.15) is 24.4 Å². The predicted octanol–water partition coefficient (Wildman–Crippen LogP) is 2.75. The first-order valence-corrected chi connectivity index (χ1v) is 9.75. The molecule has 0 bridgehead atoms. The molecule has 0 aliphatic heterocycles. The monoisotopic (exact) mass is 368 g/mol. The van der Waals surface area contributed by atoms with Crippen LogP contribution in [-0.4, -0.2) is 34.8 Å². The minimum absolute atomic E-state index is 0.0901. The van der Waals surface area contributed by atoms with Crippen molar-refractivity contribution in [3.63, 3.8) is 0 Å². The summed E-state index contributed by atoms with van der Waals surface area (Å²) in [6, 6.07) is 5.54. The Labute approximate surface area is 145 Å². The molecule has 0 saturated heterocycles. The smallest absolute Gasteiger partial charge is 0.322 e. The average Bonchev–Trinajstić information content (AvgIpc) is 2.94. The molecule has 0 saturated carbocycles. The number of aromatic nitrogens is 1. The lowest BCUT2D eigenvalue weighted by molar-refractivity contribution is -0.143. The zero-order valence-corrected chi connectivity index (χ0v) is 15.3. The number of aliphatic carboxylic acids is 1. The highest BCUT2D eigenvalue weighted by Gasteiger charge is 2.38. The van der Waals surface area contributed by atoms with Crippen LogP contribution in [0.15, 0.2) is 40.7 Å². The maximum Gasteiger partial charge on any atom is 0.322 e. The molecule has 2 aromatic rings. The first kappa shape index (κ1) is 18.6. The Balaban J connectivity index is 2.51. The van der Waals surface area contributed by atoms with Crippen LogP contribution < -0.4 is 0 Å². The van der Waals surface area contributed by atoms with Crippen LogP contribution in [0.3, 0.4) is 0 Å². The van der Waals surface area contributed by atoms with Gasteiger partial charge in [0.05, 0.1) is 17.1 Å². The van der Waals surface area contributed by atoms with E-state index in [1.165, 1.54) is 16.7 Å². The lowest BCUT2D eigenvalue weighted by Crippen LogP contribution is -2.47. The van der Waals surface area contributed by atoms with Gasteiger partial charge in [0.25, 0.3) is 0 Å². The van der Waals surface area contributed by atoms with Gasteiger partial charge in [-0.1, -0.05) is 19.9 Å². The highest BCUT2D eigenvalue weighted by Crippen LogP contribution is 2.27. The predicted molar refractivity (Wildman–Crippen MR) is 92.3 cm³/mol. The minimum Gasteiger partial charge on any atom is -0.480 e. The molecule has 1 unspecified atom stereocenters. The van der Waals surface area contributed by atoms with E-state index in [4.69, 9.17) is 0 Å². The topological polar surface area (TPSA) is 87.6 Å². The molecule has 0 spiro atoms. The van der Waals surface area contributed by atoms with Crippen molar-refractivity contribution in [3.8, 4) is 0 Å². The fourth-order valence-corrected chi connectivity index (χ4v) is 5.22. The molecule has 0 aliphatic rings. The van der Waals surface area contributed by atoms with E-state index in [0.29, 0.717) is 5.69 Å². The van der Waals surface area contributed by atoms with Crippen molar-refractivity contribution < 1.29 is 18.3 Å². The van der Waals surface area contributed by atoms with Crippen LogP contribution in [0.25, 0.3) is 0 Å². The van der Waals surface area contributed by atoms with Crippen molar-refractivity contribution >= 4 is 27.3 Å². The van der Waals surface area contributed by atoms with Gasteiger partial charge in [0, 0.05) is 16.5 Å². The molecule has 0 aliphatic carbocycles. The summed E-state index contributed by atoms with van der Waals surface area (Å²) in [6.45, 7) is 5.11. The van der Waals surface area contributed by atoms with Crippen LogP contribution in [0.5, 0.6) is 0 Å². The third-order valence-corrected chi connectivity index (χ3v) is 6.37. The summed E-state index contributed by atoms with van der Waals surface area (Å²) in [5.74, 6) is -1.56. The molecular weight excluding hydrogens is 348 g/mol. The van der Waals surface area contributed by atoms with Crippen molar-refractivity contribution in [1.29, 1.82) is 0 Å². The SMILES string of the molecule is Cc1cc(S(=O)(=O)N(Cc2ccccn2)C(C(=O)O)C(C)C)cs1. The number of nitrogens with zero attached hydrogens (tertiary/aromatic N) is 2. The Kier molecular flexibility index (Phi) is 5.74. The first-order valence-electron chi connectivity index (χ1n) is 7.43. The van der Waals surface area contributed by atoms with Gasteiger partial charge in [-0.05, 0) is 31.0 Å². The largest absolute Gasteiger partial charge is 0.480 e. The normalized spacial score (nSPS) is 13.4. The van der Waals surface area contributed by atoms with Gasteiger partial charge in [0.2, 0.25) is 10.0 Å². The van der Waals surface area contributed by atoms with Gasteiger partial charge in [0.15, 0.2) is 0 Å². The molecular formula is C16H20N2O4S2. The Morgan fingerprint density at radius 3 is 2.54 bits per heavy atom. The summed E-state index contributed by atoms with van der Waals surface area (Å²) in [6.07, 6.45) is 1.56. The van der Waals surface area contributed by atoms with Gasteiger partial charge in [-0.25, -0.2) is 8.42 Å². The number of pyridine rings is 1. The molecule has 0 amide bonds. The summed E-state index contributed by atoms with van der Waals surface area (Å²) in [7, 11) is -3.94. The Hall–Kier alpha value is -1.77. The number of aryl methyl sites for hydroxylation is 1. The number of hydrogen-bond acceptors (Lipinski definition) is 5. The zero-order valence-electron chi connectivity index (χ0n) is 13.7. The fraction of sp³-hybridized carbons (Fsp3) is 0.375. The summed E-state index contributed by atoms with van der Waals surface area (Å²) < 4.78 is 27.1. The molecule has 2 aromatic heterocycles. The molecule has 130 valence electrons. The summed E-state index contributed by atoms with van der Waals surface area (Å²) >= 11 is 1.31. The Bertz CT molecular complexity index is 800. The van der Waals surface area contributed by atoms with Gasteiger partial charge >= 0.3 is 5.97 Å². The van der Waals surface area contributed by atoms with E-state index in [-0.39, 0.29) is 17.4 Å². The molecule has 0 aromatic carbocycles. The zero-order chi connectivity index (χ0) is 17.9. The van der Waals surface area contributed by atoms with E-state index in [2.05, 4.69) is 4.98 Å². The number of carboxylic acids is 1. The Morgan fingerprint density at radius 1 is 1.38 bits per heavy atom. The molecule has 0 fully saturated rings. The van der Waals surface area contributed by atoms with Crippen LogP contribution in [-0.2, 0) is 21.4 Å². The van der Waals surface area contributed by atoms with Crippen LogP contribution in [0.4, 0.5) is 0 Å². The van der Waals surface area contributed by atoms with E-state index in [1.807, 2.05) is 6.92 Å². The molecule has 2 heterocycles. The van der Waals surface area contributed by atoms with E-state index in [9.17, 15) is 18.3 Å². The maximum atomic E-state index is 13.0. The summed E-state index contributed by atoms with van der Waals surface area (Å²) in [5, 5.41) is 11.1. The number of thiophene rings is 1.